The molecule has 2 aromatic heterocycles. The highest BCUT2D eigenvalue weighted by Gasteiger charge is 2.11. The Kier molecular flexibility index (Phi) is 5.70. The summed E-state index contributed by atoms with van der Waals surface area (Å²) in [6.45, 7) is 3.15. The molecule has 140 valence electrons. The minimum Gasteiger partial charge on any atom is -0.479 e. The van der Waals surface area contributed by atoms with Crippen molar-refractivity contribution in [2.45, 2.75) is 26.4 Å². The van der Waals surface area contributed by atoms with E-state index in [4.69, 9.17) is 4.74 Å². The monoisotopic (exact) mass is 370 g/mol. The van der Waals surface area contributed by atoms with E-state index < -0.39 is 5.82 Å². The van der Waals surface area contributed by atoms with Crippen molar-refractivity contribution in [3.8, 4) is 17.3 Å². The van der Waals surface area contributed by atoms with Crippen molar-refractivity contribution in [2.75, 3.05) is 7.11 Å². The Balaban J connectivity index is 1.67. The fraction of sp³-hybridized carbons (Fsp3) is 0.278. The number of methoxy groups -OCH3 is 1. The maximum absolute atomic E-state index is 13.4. The molecule has 2 heterocycles. The molecule has 0 aliphatic rings. The Morgan fingerprint density at radius 3 is 2.78 bits per heavy atom. The molecule has 0 unspecified atom stereocenters. The van der Waals surface area contributed by atoms with Crippen LogP contribution >= 0.6 is 0 Å². The van der Waals surface area contributed by atoms with E-state index in [-0.39, 0.29) is 11.8 Å². The van der Waals surface area contributed by atoms with Crippen molar-refractivity contribution < 1.29 is 13.9 Å². The Morgan fingerprint density at radius 2 is 2.07 bits per heavy atom. The van der Waals surface area contributed by atoms with E-state index in [1.165, 1.54) is 7.11 Å². The number of nitrogens with zero attached hydrogens (tertiary/aromatic N) is 5. The fourth-order valence-corrected chi connectivity index (χ4v) is 2.51. The number of carbonyl (C=O) groups excluding carboxylic acids is 1. The van der Waals surface area contributed by atoms with Gasteiger partial charge in [-0.05, 0) is 18.6 Å². The number of aryl methyl sites for hydroxylation is 1. The number of halogens is 1. The molecule has 1 amide bonds. The molecular formula is C18H19FN6O2. The van der Waals surface area contributed by atoms with Crippen molar-refractivity contribution in [3.63, 3.8) is 0 Å². The van der Waals surface area contributed by atoms with Crippen LogP contribution in [0.5, 0.6) is 5.88 Å². The van der Waals surface area contributed by atoms with Crippen LogP contribution in [-0.4, -0.2) is 37.7 Å². The van der Waals surface area contributed by atoms with Gasteiger partial charge in [0.25, 0.3) is 11.8 Å². The molecule has 8 nitrogen and oxygen atoms in total. The molecule has 27 heavy (non-hydrogen) atoms. The number of rotatable bonds is 7. The predicted molar refractivity (Wildman–Crippen MR) is 95.5 cm³/mol. The molecule has 0 aliphatic carbocycles. The zero-order valence-electron chi connectivity index (χ0n) is 15.0. The van der Waals surface area contributed by atoms with E-state index in [0.29, 0.717) is 29.3 Å². The number of amides is 1. The normalized spacial score (nSPS) is 10.6. The molecule has 0 aliphatic heterocycles. The van der Waals surface area contributed by atoms with Gasteiger partial charge < -0.3 is 14.6 Å². The van der Waals surface area contributed by atoms with Crippen LogP contribution in [0.15, 0.2) is 36.8 Å². The van der Waals surface area contributed by atoms with Gasteiger partial charge in [-0.25, -0.2) is 4.98 Å². The molecule has 0 saturated heterocycles. The van der Waals surface area contributed by atoms with E-state index in [1.54, 1.807) is 30.6 Å². The first-order valence-electron chi connectivity index (χ1n) is 8.44. The van der Waals surface area contributed by atoms with E-state index in [1.807, 2.05) is 4.57 Å². The highest BCUT2D eigenvalue weighted by Crippen LogP contribution is 2.20. The van der Waals surface area contributed by atoms with Gasteiger partial charge in [-0.1, -0.05) is 19.1 Å². The largest absolute Gasteiger partial charge is 0.479 e. The number of aromatic nitrogens is 5. The lowest BCUT2D eigenvalue weighted by molar-refractivity contribution is 0.0949. The van der Waals surface area contributed by atoms with Crippen molar-refractivity contribution >= 4 is 5.91 Å². The average molecular weight is 370 g/mol. The summed E-state index contributed by atoms with van der Waals surface area (Å²) in [5.41, 5.74) is 1.13. The van der Waals surface area contributed by atoms with Crippen LogP contribution in [0.3, 0.4) is 0 Å². The Morgan fingerprint density at radius 1 is 1.30 bits per heavy atom. The third-order valence-corrected chi connectivity index (χ3v) is 3.88. The number of hydrogen-bond acceptors (Lipinski definition) is 6. The van der Waals surface area contributed by atoms with Crippen molar-refractivity contribution in [1.29, 1.82) is 0 Å². The Hall–Kier alpha value is -3.36. The lowest BCUT2D eigenvalue weighted by Gasteiger charge is -2.08. The van der Waals surface area contributed by atoms with Crippen LogP contribution in [-0.2, 0) is 13.1 Å². The van der Waals surface area contributed by atoms with Gasteiger partial charge in [0, 0.05) is 17.7 Å². The van der Waals surface area contributed by atoms with Crippen molar-refractivity contribution in [3.05, 3.63) is 54.0 Å². The number of benzene rings is 1. The van der Waals surface area contributed by atoms with Gasteiger partial charge in [0.1, 0.15) is 6.33 Å². The Labute approximate surface area is 155 Å². The smallest absolute Gasteiger partial charge is 0.253 e. The summed E-state index contributed by atoms with van der Waals surface area (Å²) in [6, 6.07) is 6.70. The number of ether oxygens (including phenoxy) is 1. The first kappa shape index (κ1) is 18.4. The molecule has 0 atom stereocenters. The highest BCUT2D eigenvalue weighted by atomic mass is 19.1. The quantitative estimate of drug-likeness (QED) is 0.685. The first-order chi connectivity index (χ1) is 13.1. The summed E-state index contributed by atoms with van der Waals surface area (Å²) < 4.78 is 20.2. The third kappa shape index (κ3) is 4.25. The highest BCUT2D eigenvalue weighted by molar-refractivity contribution is 5.94. The van der Waals surface area contributed by atoms with Gasteiger partial charge in [0.2, 0.25) is 5.82 Å². The van der Waals surface area contributed by atoms with Crippen LogP contribution in [0.25, 0.3) is 11.4 Å². The predicted octanol–water partition coefficient (Wildman–Crippen LogP) is 2.22. The molecule has 9 heteroatoms. The molecular weight excluding hydrogens is 351 g/mol. The summed E-state index contributed by atoms with van der Waals surface area (Å²) in [5.74, 6) is 0.0258. The second-order valence-electron chi connectivity index (χ2n) is 5.75. The van der Waals surface area contributed by atoms with Gasteiger partial charge >= 0.3 is 0 Å². The molecule has 1 aromatic carbocycles. The summed E-state index contributed by atoms with van der Waals surface area (Å²) in [6.07, 6.45) is 3.65. The maximum atomic E-state index is 13.4. The Bertz CT molecular complexity index is 926. The molecule has 0 radical (unpaired) electrons. The molecule has 3 rings (SSSR count). The topological polar surface area (TPSA) is 94.8 Å². The molecule has 1 N–H and O–H groups in total. The SMILES string of the molecule is CCCn1cnnc1CNC(=O)c1ccc(-c2ncc(F)c(OC)n2)cc1. The molecule has 3 aromatic rings. The molecule has 0 saturated carbocycles. The van der Waals surface area contributed by atoms with E-state index in [9.17, 15) is 9.18 Å². The van der Waals surface area contributed by atoms with Gasteiger partial charge in [-0.15, -0.1) is 10.2 Å². The van der Waals surface area contributed by atoms with Crippen LogP contribution in [0.1, 0.15) is 29.5 Å². The van der Waals surface area contributed by atoms with Crippen LogP contribution in [0.4, 0.5) is 4.39 Å². The molecule has 0 spiro atoms. The fourth-order valence-electron chi connectivity index (χ4n) is 2.51. The van der Waals surface area contributed by atoms with E-state index in [0.717, 1.165) is 19.2 Å². The molecule has 0 fully saturated rings. The lowest BCUT2D eigenvalue weighted by Crippen LogP contribution is -2.24. The third-order valence-electron chi connectivity index (χ3n) is 3.88. The number of hydrogen-bond donors (Lipinski definition) is 1. The van der Waals surface area contributed by atoms with Gasteiger partial charge in [-0.2, -0.15) is 9.37 Å². The van der Waals surface area contributed by atoms with E-state index >= 15 is 0 Å². The second kappa shape index (κ2) is 8.35. The minimum absolute atomic E-state index is 0.127. The summed E-state index contributed by atoms with van der Waals surface area (Å²) in [5, 5.41) is 10.7. The number of nitrogens with one attached hydrogen (secondary N) is 1. The maximum Gasteiger partial charge on any atom is 0.253 e. The van der Waals surface area contributed by atoms with E-state index in [2.05, 4.69) is 32.4 Å². The number of carbonyl (C=O) groups is 1. The van der Waals surface area contributed by atoms with Gasteiger partial charge in [0.15, 0.2) is 11.6 Å². The van der Waals surface area contributed by atoms with Crippen molar-refractivity contribution in [1.82, 2.24) is 30.0 Å². The van der Waals surface area contributed by atoms with Crippen LogP contribution < -0.4 is 10.1 Å². The zero-order valence-corrected chi connectivity index (χ0v) is 15.0. The second-order valence-corrected chi connectivity index (χ2v) is 5.75. The molecule has 0 bridgehead atoms. The van der Waals surface area contributed by atoms with Crippen LogP contribution in [0.2, 0.25) is 0 Å². The average Bonchev–Trinajstić information content (AvgIpc) is 3.14. The van der Waals surface area contributed by atoms with Gasteiger partial charge in [-0.3, -0.25) is 4.79 Å². The minimum atomic E-state index is -0.631. The lowest BCUT2D eigenvalue weighted by atomic mass is 10.1. The summed E-state index contributed by atoms with van der Waals surface area (Å²) in [4.78, 5) is 20.3. The zero-order chi connectivity index (χ0) is 19.2. The first-order valence-corrected chi connectivity index (χ1v) is 8.44. The standard InChI is InChI=1S/C18H19FN6O2/c1-3-8-25-11-22-24-15(25)10-21-17(26)13-6-4-12(5-7-13)16-20-9-14(19)18(23-16)27-2/h4-7,9,11H,3,8,10H2,1-2H3,(H,21,26). The van der Waals surface area contributed by atoms with Crippen LogP contribution in [0, 0.1) is 5.82 Å². The summed E-state index contributed by atoms with van der Waals surface area (Å²) >= 11 is 0. The summed E-state index contributed by atoms with van der Waals surface area (Å²) in [7, 11) is 1.34. The van der Waals surface area contributed by atoms with Gasteiger partial charge in [0.05, 0.1) is 19.9 Å². The van der Waals surface area contributed by atoms with Crippen molar-refractivity contribution in [2.24, 2.45) is 0 Å².